The van der Waals surface area contributed by atoms with Gasteiger partial charge in [-0.15, -0.1) is 0 Å². The summed E-state index contributed by atoms with van der Waals surface area (Å²) in [4.78, 5) is 22.4. The summed E-state index contributed by atoms with van der Waals surface area (Å²) in [6, 6.07) is -0.0556. The van der Waals surface area contributed by atoms with Gasteiger partial charge in [0, 0.05) is 7.11 Å². The van der Waals surface area contributed by atoms with E-state index in [1.54, 1.807) is 7.11 Å². The third-order valence-corrected chi connectivity index (χ3v) is 2.79. The molecule has 1 unspecified atom stereocenters. The number of ether oxygens (including phenoxy) is 2. The number of nitrogens with one attached hydrogen (secondary N) is 1. The van der Waals surface area contributed by atoms with Crippen molar-refractivity contribution in [2.45, 2.75) is 44.4 Å². The first-order valence-corrected chi connectivity index (χ1v) is 5.76. The number of carbonyl (C=O) groups excluding carboxylic acids is 1. The predicted molar refractivity (Wildman–Crippen MR) is 59.6 cm³/mol. The molecule has 1 fully saturated rings. The summed E-state index contributed by atoms with van der Waals surface area (Å²) < 4.78 is 10.1. The van der Waals surface area contributed by atoms with Crippen molar-refractivity contribution in [3.63, 3.8) is 0 Å². The van der Waals surface area contributed by atoms with E-state index in [1.165, 1.54) is 0 Å². The fourth-order valence-corrected chi connectivity index (χ4v) is 1.77. The molecular weight excluding hydrogens is 226 g/mol. The third-order valence-electron chi connectivity index (χ3n) is 2.79. The first-order valence-electron chi connectivity index (χ1n) is 5.76. The lowest BCUT2D eigenvalue weighted by Crippen LogP contribution is -2.43. The van der Waals surface area contributed by atoms with E-state index in [1.807, 2.05) is 6.92 Å². The van der Waals surface area contributed by atoms with Crippen molar-refractivity contribution in [1.82, 2.24) is 5.32 Å². The summed E-state index contributed by atoms with van der Waals surface area (Å²) >= 11 is 0. The van der Waals surface area contributed by atoms with Crippen LogP contribution in [0.2, 0.25) is 0 Å². The van der Waals surface area contributed by atoms with Crippen LogP contribution >= 0.6 is 0 Å². The van der Waals surface area contributed by atoms with Gasteiger partial charge in [-0.2, -0.15) is 0 Å². The normalized spacial score (nSPS) is 25.5. The zero-order valence-corrected chi connectivity index (χ0v) is 10.1. The van der Waals surface area contributed by atoms with Crippen LogP contribution in [-0.2, 0) is 19.1 Å². The summed E-state index contributed by atoms with van der Waals surface area (Å²) in [6.45, 7) is 2.39. The SMILES string of the molecule is CCC(COC)NC(=O)[C@@H]1CC[C@H](C(=O)O)O1. The molecule has 0 radical (unpaired) electrons. The van der Waals surface area contributed by atoms with Crippen LogP contribution in [0.1, 0.15) is 26.2 Å². The molecule has 3 atom stereocenters. The second kappa shape index (κ2) is 6.56. The molecule has 6 nitrogen and oxygen atoms in total. The molecule has 2 N–H and O–H groups in total. The number of rotatable bonds is 6. The Morgan fingerprint density at radius 2 is 2.12 bits per heavy atom. The molecule has 0 aliphatic carbocycles. The number of aliphatic carboxylic acids is 1. The minimum Gasteiger partial charge on any atom is -0.479 e. The molecule has 0 spiro atoms. The Balaban J connectivity index is 2.41. The molecule has 1 heterocycles. The van der Waals surface area contributed by atoms with Crippen LogP contribution in [0.25, 0.3) is 0 Å². The lowest BCUT2D eigenvalue weighted by atomic mass is 10.1. The van der Waals surface area contributed by atoms with Gasteiger partial charge in [-0.3, -0.25) is 4.79 Å². The van der Waals surface area contributed by atoms with Gasteiger partial charge in [0.2, 0.25) is 5.91 Å². The van der Waals surface area contributed by atoms with Gasteiger partial charge in [0.25, 0.3) is 0 Å². The van der Waals surface area contributed by atoms with Crippen molar-refractivity contribution in [3.05, 3.63) is 0 Å². The molecule has 6 heteroatoms. The van der Waals surface area contributed by atoms with Crippen LogP contribution < -0.4 is 5.32 Å². The van der Waals surface area contributed by atoms with Crippen LogP contribution in [0.5, 0.6) is 0 Å². The van der Waals surface area contributed by atoms with Gasteiger partial charge in [0.1, 0.15) is 6.10 Å². The van der Waals surface area contributed by atoms with Crippen molar-refractivity contribution < 1.29 is 24.2 Å². The monoisotopic (exact) mass is 245 g/mol. The number of hydrogen-bond acceptors (Lipinski definition) is 4. The predicted octanol–water partition coefficient (Wildman–Crippen LogP) is 0.160. The average molecular weight is 245 g/mol. The van der Waals surface area contributed by atoms with E-state index in [0.717, 1.165) is 6.42 Å². The van der Waals surface area contributed by atoms with Gasteiger partial charge in [0.15, 0.2) is 6.10 Å². The molecule has 1 amide bonds. The number of methoxy groups -OCH3 is 1. The Morgan fingerprint density at radius 1 is 1.47 bits per heavy atom. The summed E-state index contributed by atoms with van der Waals surface area (Å²) in [5.41, 5.74) is 0. The van der Waals surface area contributed by atoms with E-state index in [0.29, 0.717) is 19.4 Å². The lowest BCUT2D eigenvalue weighted by molar-refractivity contribution is -0.152. The zero-order valence-electron chi connectivity index (χ0n) is 10.1. The second-order valence-electron chi connectivity index (χ2n) is 4.10. The smallest absolute Gasteiger partial charge is 0.332 e. The van der Waals surface area contributed by atoms with Gasteiger partial charge in [-0.1, -0.05) is 6.92 Å². The first kappa shape index (κ1) is 13.9. The summed E-state index contributed by atoms with van der Waals surface area (Å²) in [6.07, 6.45) is 0.0882. The standard InChI is InChI=1S/C11H19NO5/c1-3-7(6-16-2)12-10(13)8-4-5-9(17-8)11(14)15/h7-9H,3-6H2,1-2H3,(H,12,13)(H,14,15)/t7?,8-,9+/m0/s1. The molecule has 98 valence electrons. The minimum atomic E-state index is -1.01. The van der Waals surface area contributed by atoms with E-state index in [-0.39, 0.29) is 11.9 Å². The molecule has 0 aromatic heterocycles. The maximum absolute atomic E-state index is 11.8. The Bertz CT molecular complexity index is 281. The van der Waals surface area contributed by atoms with E-state index in [4.69, 9.17) is 14.6 Å². The highest BCUT2D eigenvalue weighted by molar-refractivity contribution is 5.82. The van der Waals surface area contributed by atoms with E-state index < -0.39 is 18.2 Å². The molecule has 0 aromatic rings. The number of amides is 1. The number of carbonyl (C=O) groups is 2. The zero-order chi connectivity index (χ0) is 12.8. The molecular formula is C11H19NO5. The van der Waals surface area contributed by atoms with Gasteiger partial charge in [0.05, 0.1) is 12.6 Å². The van der Waals surface area contributed by atoms with Gasteiger partial charge >= 0.3 is 5.97 Å². The van der Waals surface area contributed by atoms with Crippen molar-refractivity contribution in [2.24, 2.45) is 0 Å². The lowest BCUT2D eigenvalue weighted by Gasteiger charge is -2.18. The molecule has 0 saturated carbocycles. The van der Waals surface area contributed by atoms with Crippen molar-refractivity contribution >= 4 is 11.9 Å². The van der Waals surface area contributed by atoms with Crippen LogP contribution in [0, 0.1) is 0 Å². The Kier molecular flexibility index (Phi) is 5.37. The van der Waals surface area contributed by atoms with Gasteiger partial charge < -0.3 is 19.9 Å². The summed E-state index contributed by atoms with van der Waals surface area (Å²) in [5, 5.41) is 11.5. The van der Waals surface area contributed by atoms with Crippen LogP contribution in [0.4, 0.5) is 0 Å². The number of carboxylic acids is 1. The summed E-state index contributed by atoms with van der Waals surface area (Å²) in [5.74, 6) is -1.26. The number of carboxylic acid groups (broad SMARTS) is 1. The van der Waals surface area contributed by atoms with Crippen molar-refractivity contribution in [3.8, 4) is 0 Å². The Morgan fingerprint density at radius 3 is 2.59 bits per heavy atom. The summed E-state index contributed by atoms with van der Waals surface area (Å²) in [7, 11) is 1.57. The topological polar surface area (TPSA) is 84.9 Å². The van der Waals surface area contributed by atoms with Gasteiger partial charge in [-0.25, -0.2) is 4.79 Å². The first-order chi connectivity index (χ1) is 8.08. The molecule has 1 saturated heterocycles. The molecule has 17 heavy (non-hydrogen) atoms. The van der Waals surface area contributed by atoms with Crippen molar-refractivity contribution in [1.29, 1.82) is 0 Å². The molecule has 1 aliphatic heterocycles. The molecule has 0 aromatic carbocycles. The highest BCUT2D eigenvalue weighted by Gasteiger charge is 2.35. The highest BCUT2D eigenvalue weighted by Crippen LogP contribution is 2.20. The average Bonchev–Trinajstić information content (AvgIpc) is 2.77. The fourth-order valence-electron chi connectivity index (χ4n) is 1.77. The molecule has 0 bridgehead atoms. The highest BCUT2D eigenvalue weighted by atomic mass is 16.5. The Labute approximate surface area is 100 Å². The second-order valence-corrected chi connectivity index (χ2v) is 4.10. The molecule has 1 aliphatic rings. The van der Waals surface area contributed by atoms with E-state index in [2.05, 4.69) is 5.32 Å². The largest absolute Gasteiger partial charge is 0.479 e. The van der Waals surface area contributed by atoms with E-state index in [9.17, 15) is 9.59 Å². The van der Waals surface area contributed by atoms with Crippen molar-refractivity contribution in [2.75, 3.05) is 13.7 Å². The third kappa shape index (κ3) is 3.98. The van der Waals surface area contributed by atoms with Gasteiger partial charge in [-0.05, 0) is 19.3 Å². The quantitative estimate of drug-likeness (QED) is 0.696. The number of hydrogen-bond donors (Lipinski definition) is 2. The van der Waals surface area contributed by atoms with Crippen LogP contribution in [0.3, 0.4) is 0 Å². The Hall–Kier alpha value is -1.14. The van der Waals surface area contributed by atoms with E-state index >= 15 is 0 Å². The maximum atomic E-state index is 11.8. The minimum absolute atomic E-state index is 0.0556. The molecule has 1 rings (SSSR count). The van der Waals surface area contributed by atoms with Crippen LogP contribution in [0.15, 0.2) is 0 Å². The van der Waals surface area contributed by atoms with Crippen LogP contribution in [-0.4, -0.2) is 48.9 Å². The fraction of sp³-hybridized carbons (Fsp3) is 0.818. The maximum Gasteiger partial charge on any atom is 0.332 e.